The highest BCUT2D eigenvalue weighted by molar-refractivity contribution is 6.04. The first-order valence-corrected chi connectivity index (χ1v) is 14.4. The van der Waals surface area contributed by atoms with E-state index < -0.39 is 35.1 Å². The number of para-hydroxylation sites is 1. The number of carbonyl (C=O) groups excluding carboxylic acids is 3. The molecule has 2 aromatic carbocycles. The molecule has 2 bridgehead atoms. The number of nitrogens with zero attached hydrogens (tertiary/aromatic N) is 1. The molecule has 3 amide bonds. The largest absolute Gasteiger partial charge is 0.394 e. The van der Waals surface area contributed by atoms with Crippen LogP contribution in [0, 0.1) is 31.6 Å². The standard InChI is InChI=1S/C32H41N3O5/c1-6-15-33-28(37)24-25-30(39)35(23(18-36)16-22-13-8-7-9-14-22)27(32(25)17-21(4)31(24,5)40-32)29(38)34-26-19(2)11-10-12-20(26)3/h7-14,21,23-25,27,36H,6,15-18H2,1-5H3,(H,33,37)(H,34,38)/t21?,23-,24+,25+,27?,31-,32?/m1/s1. The molecule has 8 nitrogen and oxygen atoms in total. The molecule has 1 spiro atoms. The Balaban J connectivity index is 1.60. The van der Waals surface area contributed by atoms with Crippen LogP contribution in [-0.2, 0) is 25.5 Å². The fourth-order valence-electron chi connectivity index (χ4n) is 7.47. The Morgan fingerprint density at radius 2 is 1.77 bits per heavy atom. The second kappa shape index (κ2) is 10.6. The summed E-state index contributed by atoms with van der Waals surface area (Å²) in [5.74, 6) is -2.47. The highest BCUT2D eigenvalue weighted by atomic mass is 16.5. The van der Waals surface area contributed by atoms with E-state index in [2.05, 4.69) is 10.6 Å². The molecule has 3 aliphatic heterocycles. The number of ether oxygens (including phenoxy) is 1. The maximum absolute atomic E-state index is 14.5. The summed E-state index contributed by atoms with van der Waals surface area (Å²) in [6.45, 7) is 9.97. The van der Waals surface area contributed by atoms with Crippen LogP contribution in [0.15, 0.2) is 48.5 Å². The van der Waals surface area contributed by atoms with E-state index in [1.807, 2.05) is 83.1 Å². The molecule has 8 heteroatoms. The van der Waals surface area contributed by atoms with Crippen LogP contribution < -0.4 is 10.6 Å². The van der Waals surface area contributed by atoms with Crippen molar-refractivity contribution in [3.8, 4) is 0 Å². The number of carbonyl (C=O) groups is 3. The first kappa shape index (κ1) is 28.3. The average molecular weight is 548 g/mol. The number of likely N-dealkylation sites (tertiary alicyclic amines) is 1. The highest BCUT2D eigenvalue weighted by Gasteiger charge is 2.80. The average Bonchev–Trinajstić information content (AvgIpc) is 3.45. The predicted octanol–water partition coefficient (Wildman–Crippen LogP) is 3.38. The van der Waals surface area contributed by atoms with Crippen LogP contribution in [0.5, 0.6) is 0 Å². The summed E-state index contributed by atoms with van der Waals surface area (Å²) in [4.78, 5) is 44.0. The Bertz CT molecular complexity index is 1280. The predicted molar refractivity (Wildman–Crippen MR) is 152 cm³/mol. The molecule has 40 heavy (non-hydrogen) atoms. The summed E-state index contributed by atoms with van der Waals surface area (Å²) in [5.41, 5.74) is 1.41. The van der Waals surface area contributed by atoms with Crippen molar-refractivity contribution < 1.29 is 24.2 Å². The number of aryl methyl sites for hydroxylation is 2. The number of anilines is 1. The fourth-order valence-corrected chi connectivity index (χ4v) is 7.47. The van der Waals surface area contributed by atoms with E-state index in [1.54, 1.807) is 4.90 Å². The summed E-state index contributed by atoms with van der Waals surface area (Å²) in [6, 6.07) is 13.8. The van der Waals surface area contributed by atoms with Gasteiger partial charge >= 0.3 is 0 Å². The number of hydrogen-bond acceptors (Lipinski definition) is 5. The van der Waals surface area contributed by atoms with Gasteiger partial charge in [-0.05, 0) is 62.6 Å². The number of nitrogens with one attached hydrogen (secondary N) is 2. The van der Waals surface area contributed by atoms with E-state index in [4.69, 9.17) is 4.74 Å². The molecule has 214 valence electrons. The van der Waals surface area contributed by atoms with E-state index in [0.29, 0.717) is 25.1 Å². The SMILES string of the molecule is CCCNC(=O)[C@@H]1[C@H]2C(=O)N([C@@H](CO)Cc3ccccc3)C(C(=O)Nc3c(C)cccc3C)C23CC(C)[C@@]1(C)O3. The molecule has 3 fully saturated rings. The van der Waals surface area contributed by atoms with Gasteiger partial charge in [-0.2, -0.15) is 0 Å². The van der Waals surface area contributed by atoms with Gasteiger partial charge in [-0.15, -0.1) is 0 Å². The minimum atomic E-state index is -1.18. The van der Waals surface area contributed by atoms with Crippen LogP contribution in [0.1, 0.15) is 50.3 Å². The Morgan fingerprint density at radius 1 is 1.10 bits per heavy atom. The Kier molecular flexibility index (Phi) is 7.52. The number of amides is 3. The van der Waals surface area contributed by atoms with Crippen molar-refractivity contribution in [1.82, 2.24) is 10.2 Å². The smallest absolute Gasteiger partial charge is 0.250 e. The highest BCUT2D eigenvalue weighted by Crippen LogP contribution is 2.65. The van der Waals surface area contributed by atoms with Gasteiger partial charge in [0, 0.05) is 12.2 Å². The van der Waals surface area contributed by atoms with Gasteiger partial charge in [0.05, 0.1) is 30.1 Å². The van der Waals surface area contributed by atoms with Gasteiger partial charge in [-0.1, -0.05) is 62.4 Å². The zero-order chi connectivity index (χ0) is 28.8. The van der Waals surface area contributed by atoms with Crippen molar-refractivity contribution in [2.75, 3.05) is 18.5 Å². The lowest BCUT2D eigenvalue weighted by atomic mass is 9.62. The van der Waals surface area contributed by atoms with Gasteiger partial charge in [0.15, 0.2) is 0 Å². The lowest BCUT2D eigenvalue weighted by molar-refractivity contribution is -0.149. The van der Waals surface area contributed by atoms with Gasteiger partial charge < -0.3 is 25.4 Å². The van der Waals surface area contributed by atoms with E-state index in [0.717, 1.165) is 23.1 Å². The third-order valence-electron chi connectivity index (χ3n) is 9.48. The maximum Gasteiger partial charge on any atom is 0.250 e. The van der Waals surface area contributed by atoms with Gasteiger partial charge in [0.25, 0.3) is 0 Å². The normalized spacial score (nSPS) is 31.2. The maximum atomic E-state index is 14.5. The molecule has 3 N–H and O–H groups in total. The van der Waals surface area contributed by atoms with E-state index in [9.17, 15) is 19.5 Å². The van der Waals surface area contributed by atoms with E-state index in [-0.39, 0.29) is 30.2 Å². The lowest BCUT2D eigenvalue weighted by Crippen LogP contribution is -2.57. The summed E-state index contributed by atoms with van der Waals surface area (Å²) >= 11 is 0. The number of benzene rings is 2. The minimum absolute atomic E-state index is 0.0499. The van der Waals surface area contributed by atoms with Crippen molar-refractivity contribution in [3.05, 3.63) is 65.2 Å². The Morgan fingerprint density at radius 3 is 2.40 bits per heavy atom. The molecule has 5 rings (SSSR count). The minimum Gasteiger partial charge on any atom is -0.394 e. The lowest BCUT2D eigenvalue weighted by Gasteiger charge is -2.37. The quantitative estimate of drug-likeness (QED) is 0.446. The molecule has 3 heterocycles. The molecule has 3 saturated heterocycles. The number of hydrogen-bond donors (Lipinski definition) is 3. The summed E-state index contributed by atoms with van der Waals surface area (Å²) in [5, 5.41) is 16.7. The van der Waals surface area contributed by atoms with Crippen LogP contribution in [0.25, 0.3) is 0 Å². The van der Waals surface area contributed by atoms with Crippen molar-refractivity contribution in [2.24, 2.45) is 17.8 Å². The first-order chi connectivity index (χ1) is 19.1. The molecule has 0 aliphatic carbocycles. The number of aliphatic hydroxyl groups is 1. The second-order valence-electron chi connectivity index (χ2n) is 12.0. The molecule has 3 unspecified atom stereocenters. The zero-order valence-corrected chi connectivity index (χ0v) is 24.1. The summed E-state index contributed by atoms with van der Waals surface area (Å²) in [7, 11) is 0. The number of fused-ring (bicyclic) bond motifs is 1. The second-order valence-corrected chi connectivity index (χ2v) is 12.0. The van der Waals surface area contributed by atoms with Crippen molar-refractivity contribution in [1.29, 1.82) is 0 Å². The molecule has 2 aromatic rings. The first-order valence-electron chi connectivity index (χ1n) is 14.4. The molecule has 7 atom stereocenters. The van der Waals surface area contributed by atoms with E-state index >= 15 is 0 Å². The van der Waals surface area contributed by atoms with Crippen LogP contribution in [0.3, 0.4) is 0 Å². The van der Waals surface area contributed by atoms with Crippen molar-refractivity contribution >= 4 is 23.4 Å². The van der Waals surface area contributed by atoms with Gasteiger partial charge in [-0.3, -0.25) is 14.4 Å². The summed E-state index contributed by atoms with van der Waals surface area (Å²) < 4.78 is 6.81. The summed E-state index contributed by atoms with van der Waals surface area (Å²) in [6.07, 6.45) is 1.62. The fraction of sp³-hybridized carbons (Fsp3) is 0.531. The van der Waals surface area contributed by atoms with Crippen molar-refractivity contribution in [2.45, 2.75) is 77.2 Å². The number of rotatable bonds is 9. The number of aliphatic hydroxyl groups excluding tert-OH is 1. The molecule has 0 aromatic heterocycles. The van der Waals surface area contributed by atoms with Crippen LogP contribution in [0.2, 0.25) is 0 Å². The molecule has 3 aliphatic rings. The third kappa shape index (κ3) is 4.32. The topological polar surface area (TPSA) is 108 Å². The molecular formula is C32H41N3O5. The molecule has 0 radical (unpaired) electrons. The van der Waals surface area contributed by atoms with E-state index in [1.165, 1.54) is 0 Å². The van der Waals surface area contributed by atoms with Gasteiger partial charge in [-0.25, -0.2) is 0 Å². The van der Waals surface area contributed by atoms with Crippen LogP contribution in [0.4, 0.5) is 5.69 Å². The Labute approximate surface area is 236 Å². The molecule has 0 saturated carbocycles. The third-order valence-corrected chi connectivity index (χ3v) is 9.48. The van der Waals surface area contributed by atoms with Crippen molar-refractivity contribution in [3.63, 3.8) is 0 Å². The van der Waals surface area contributed by atoms with Gasteiger partial charge in [0.2, 0.25) is 17.7 Å². The van der Waals surface area contributed by atoms with Gasteiger partial charge in [0.1, 0.15) is 11.6 Å². The van der Waals surface area contributed by atoms with Crippen LogP contribution >= 0.6 is 0 Å². The molecular weight excluding hydrogens is 506 g/mol. The van der Waals surface area contributed by atoms with Crippen LogP contribution in [-0.4, -0.2) is 64.2 Å². The monoisotopic (exact) mass is 547 g/mol. The Hall–Kier alpha value is -3.23. The zero-order valence-electron chi connectivity index (χ0n) is 24.1.